The van der Waals surface area contributed by atoms with Crippen molar-refractivity contribution in [2.75, 3.05) is 4.90 Å². The number of hydrogen-bond donors (Lipinski definition) is 0. The van der Waals surface area contributed by atoms with Gasteiger partial charge in [-0.1, -0.05) is 127 Å². The van der Waals surface area contributed by atoms with Crippen LogP contribution in [0.4, 0.5) is 17.1 Å². The van der Waals surface area contributed by atoms with Gasteiger partial charge < -0.3 is 4.90 Å². The van der Waals surface area contributed by atoms with Crippen molar-refractivity contribution < 1.29 is 0 Å². The van der Waals surface area contributed by atoms with E-state index in [0.717, 1.165) is 11.4 Å². The summed E-state index contributed by atoms with van der Waals surface area (Å²) in [6.45, 7) is 0. The Hall–Kier alpha value is -5.18. The normalized spacial score (nSPS) is 11.3. The second-order valence-corrected chi connectivity index (χ2v) is 11.6. The smallest absolute Gasteiger partial charge is 0.0555 e. The number of fused-ring (bicyclic) bond motifs is 4. The first kappa shape index (κ1) is 24.6. The highest BCUT2D eigenvalue weighted by Gasteiger charge is 2.22. The fourth-order valence-corrected chi connectivity index (χ4v) is 7.36. The van der Waals surface area contributed by atoms with Crippen molar-refractivity contribution in [2.24, 2.45) is 0 Å². The molecule has 198 valence electrons. The molecule has 0 atom stereocenters. The standard InChI is InChI=1S/C40H27NS/c1-3-15-29(16-4-1)39-31-19-8-7-14-28(31)26-27-33(39)32-20-9-11-22-35(32)41(30-17-5-2-6-18-30)36-23-13-25-38-40(36)34-21-10-12-24-37(34)42-38/h1-27H. The number of nitrogens with zero attached hydrogens (tertiary/aromatic N) is 1. The molecule has 8 rings (SSSR count). The summed E-state index contributed by atoms with van der Waals surface area (Å²) >= 11 is 1.86. The summed E-state index contributed by atoms with van der Waals surface area (Å²) in [4.78, 5) is 2.45. The topological polar surface area (TPSA) is 3.24 Å². The highest BCUT2D eigenvalue weighted by molar-refractivity contribution is 7.26. The van der Waals surface area contributed by atoms with Crippen molar-refractivity contribution in [1.29, 1.82) is 0 Å². The van der Waals surface area contributed by atoms with Crippen molar-refractivity contribution in [3.63, 3.8) is 0 Å². The molecule has 7 aromatic carbocycles. The molecule has 0 unspecified atom stereocenters. The molecule has 1 nitrogen and oxygen atoms in total. The fraction of sp³-hybridized carbons (Fsp3) is 0. The Labute approximate surface area is 249 Å². The number of benzene rings is 7. The number of anilines is 3. The molecule has 0 radical (unpaired) electrons. The van der Waals surface area contributed by atoms with Gasteiger partial charge in [0.05, 0.1) is 11.4 Å². The van der Waals surface area contributed by atoms with Gasteiger partial charge in [-0.15, -0.1) is 11.3 Å². The summed E-state index contributed by atoms with van der Waals surface area (Å²) in [5.41, 5.74) is 8.37. The molecule has 1 aromatic heterocycles. The number of hydrogen-bond acceptors (Lipinski definition) is 2. The molecule has 0 bridgehead atoms. The van der Waals surface area contributed by atoms with Gasteiger partial charge in [0.15, 0.2) is 0 Å². The monoisotopic (exact) mass is 553 g/mol. The maximum atomic E-state index is 2.45. The van der Waals surface area contributed by atoms with Gasteiger partial charge in [0, 0.05) is 31.4 Å². The highest BCUT2D eigenvalue weighted by Crippen LogP contribution is 2.48. The Morgan fingerprint density at radius 2 is 1.05 bits per heavy atom. The summed E-state index contributed by atoms with van der Waals surface area (Å²) in [6, 6.07) is 59.1. The molecule has 0 amide bonds. The van der Waals surface area contributed by atoms with Gasteiger partial charge in [0.25, 0.3) is 0 Å². The van der Waals surface area contributed by atoms with Gasteiger partial charge in [-0.25, -0.2) is 0 Å². The fourth-order valence-electron chi connectivity index (χ4n) is 6.24. The minimum absolute atomic E-state index is 1.13. The summed E-state index contributed by atoms with van der Waals surface area (Å²) in [6.07, 6.45) is 0. The van der Waals surface area contributed by atoms with Crippen molar-refractivity contribution in [2.45, 2.75) is 0 Å². The van der Waals surface area contributed by atoms with Crippen LogP contribution in [0.25, 0.3) is 53.2 Å². The van der Waals surface area contributed by atoms with Crippen molar-refractivity contribution >= 4 is 59.3 Å². The van der Waals surface area contributed by atoms with E-state index in [1.807, 2.05) is 11.3 Å². The van der Waals surface area contributed by atoms with Crippen LogP contribution in [0.15, 0.2) is 164 Å². The van der Waals surface area contributed by atoms with Crippen LogP contribution in [0.5, 0.6) is 0 Å². The Kier molecular flexibility index (Phi) is 6.05. The number of para-hydroxylation sites is 2. The zero-order chi connectivity index (χ0) is 27.9. The van der Waals surface area contributed by atoms with E-state index in [2.05, 4.69) is 169 Å². The van der Waals surface area contributed by atoms with Crippen molar-refractivity contribution in [3.05, 3.63) is 164 Å². The van der Waals surface area contributed by atoms with Crippen LogP contribution in [0, 0.1) is 0 Å². The van der Waals surface area contributed by atoms with E-state index in [-0.39, 0.29) is 0 Å². The minimum atomic E-state index is 1.13. The lowest BCUT2D eigenvalue weighted by molar-refractivity contribution is 1.30. The third-order valence-electron chi connectivity index (χ3n) is 8.06. The van der Waals surface area contributed by atoms with Gasteiger partial charge in [0.2, 0.25) is 0 Å². The Morgan fingerprint density at radius 1 is 0.405 bits per heavy atom. The molecule has 0 fully saturated rings. The molecular formula is C40H27NS. The molecule has 0 saturated heterocycles. The first-order chi connectivity index (χ1) is 20.9. The lowest BCUT2D eigenvalue weighted by atomic mass is 9.89. The first-order valence-corrected chi connectivity index (χ1v) is 15.1. The molecule has 1 heterocycles. The van der Waals surface area contributed by atoms with Gasteiger partial charge in [-0.2, -0.15) is 0 Å². The summed E-state index contributed by atoms with van der Waals surface area (Å²) in [7, 11) is 0. The van der Waals surface area contributed by atoms with Gasteiger partial charge in [-0.3, -0.25) is 0 Å². The van der Waals surface area contributed by atoms with E-state index in [1.165, 1.54) is 58.9 Å². The first-order valence-electron chi connectivity index (χ1n) is 14.3. The van der Waals surface area contributed by atoms with Crippen molar-refractivity contribution in [1.82, 2.24) is 0 Å². The maximum absolute atomic E-state index is 2.45. The molecule has 2 heteroatoms. The molecule has 0 spiro atoms. The zero-order valence-electron chi connectivity index (χ0n) is 22.9. The Bertz CT molecular complexity index is 2200. The van der Waals surface area contributed by atoms with Crippen molar-refractivity contribution in [3.8, 4) is 22.3 Å². The average molecular weight is 554 g/mol. The quantitative estimate of drug-likeness (QED) is 0.205. The van der Waals surface area contributed by atoms with Gasteiger partial charge in [-0.05, 0) is 63.9 Å². The molecule has 0 aliphatic heterocycles. The average Bonchev–Trinajstić information content (AvgIpc) is 3.45. The predicted octanol–water partition coefficient (Wildman–Crippen LogP) is 12.0. The SMILES string of the molecule is c1ccc(-c2c(-c3ccccc3N(c3ccccc3)c3cccc4sc5ccccc5c34)ccc3ccccc23)cc1. The van der Waals surface area contributed by atoms with Crippen LogP contribution in [0.2, 0.25) is 0 Å². The second-order valence-electron chi connectivity index (χ2n) is 10.5. The van der Waals surface area contributed by atoms with Crippen LogP contribution in [0.3, 0.4) is 0 Å². The highest BCUT2D eigenvalue weighted by atomic mass is 32.1. The minimum Gasteiger partial charge on any atom is -0.309 e. The van der Waals surface area contributed by atoms with Crippen LogP contribution in [-0.4, -0.2) is 0 Å². The van der Waals surface area contributed by atoms with Crippen LogP contribution < -0.4 is 4.90 Å². The lowest BCUT2D eigenvalue weighted by Gasteiger charge is -2.29. The summed E-state index contributed by atoms with van der Waals surface area (Å²) in [5.74, 6) is 0. The Balaban J connectivity index is 1.45. The van der Waals surface area contributed by atoms with Gasteiger partial charge in [0.1, 0.15) is 0 Å². The van der Waals surface area contributed by atoms with E-state index in [4.69, 9.17) is 0 Å². The third kappa shape index (κ3) is 4.08. The van der Waals surface area contributed by atoms with Gasteiger partial charge >= 0.3 is 0 Å². The largest absolute Gasteiger partial charge is 0.309 e. The Morgan fingerprint density at radius 3 is 1.90 bits per heavy atom. The second kappa shape index (κ2) is 10.3. The van der Waals surface area contributed by atoms with E-state index >= 15 is 0 Å². The summed E-state index contributed by atoms with van der Waals surface area (Å²) < 4.78 is 2.60. The number of rotatable bonds is 5. The number of thiophene rings is 1. The predicted molar refractivity (Wildman–Crippen MR) is 182 cm³/mol. The van der Waals surface area contributed by atoms with E-state index in [0.29, 0.717) is 0 Å². The van der Waals surface area contributed by atoms with Crippen LogP contribution >= 0.6 is 11.3 Å². The molecule has 0 N–H and O–H groups in total. The molecule has 42 heavy (non-hydrogen) atoms. The lowest BCUT2D eigenvalue weighted by Crippen LogP contribution is -2.11. The van der Waals surface area contributed by atoms with E-state index in [9.17, 15) is 0 Å². The van der Waals surface area contributed by atoms with E-state index < -0.39 is 0 Å². The molecule has 0 saturated carbocycles. The van der Waals surface area contributed by atoms with Crippen LogP contribution in [-0.2, 0) is 0 Å². The zero-order valence-corrected chi connectivity index (χ0v) is 23.8. The molecule has 0 aliphatic carbocycles. The third-order valence-corrected chi connectivity index (χ3v) is 9.20. The van der Waals surface area contributed by atoms with Crippen LogP contribution in [0.1, 0.15) is 0 Å². The van der Waals surface area contributed by atoms with E-state index in [1.54, 1.807) is 0 Å². The summed E-state index contributed by atoms with van der Waals surface area (Å²) in [5, 5.41) is 5.08. The molecular weight excluding hydrogens is 527 g/mol. The molecule has 0 aliphatic rings. The molecule has 8 aromatic rings. The maximum Gasteiger partial charge on any atom is 0.0555 e.